The minimum absolute atomic E-state index is 0.120. The van der Waals surface area contributed by atoms with Crippen molar-refractivity contribution >= 4 is 61.3 Å². The van der Waals surface area contributed by atoms with Crippen molar-refractivity contribution in [1.29, 1.82) is 0 Å². The molecule has 0 N–H and O–H groups in total. The molecule has 0 unspecified atom stereocenters. The van der Waals surface area contributed by atoms with E-state index in [4.69, 9.17) is 11.6 Å². The zero-order chi connectivity index (χ0) is 10.3. The summed E-state index contributed by atoms with van der Waals surface area (Å²) in [6.45, 7) is 0. The van der Waals surface area contributed by atoms with Gasteiger partial charge in [-0.25, -0.2) is 0 Å². The van der Waals surface area contributed by atoms with Crippen molar-refractivity contribution in [3.05, 3.63) is 36.2 Å². The first-order valence-electron chi connectivity index (χ1n) is 3.61. The molecular formula is C8H3ClINO2S. The van der Waals surface area contributed by atoms with Gasteiger partial charge < -0.3 is 0 Å². The molecule has 3 nitrogen and oxygen atoms in total. The van der Waals surface area contributed by atoms with Crippen LogP contribution < -0.4 is 0 Å². The number of rotatable bonds is 1. The van der Waals surface area contributed by atoms with Crippen LogP contribution in [0.2, 0.25) is 5.02 Å². The number of nitro groups is 1. The molecule has 1 heterocycles. The van der Waals surface area contributed by atoms with Crippen molar-refractivity contribution in [2.45, 2.75) is 0 Å². The molecule has 0 radical (unpaired) electrons. The van der Waals surface area contributed by atoms with E-state index in [2.05, 4.69) is 0 Å². The highest BCUT2D eigenvalue weighted by Crippen LogP contribution is 2.38. The van der Waals surface area contributed by atoms with Crippen LogP contribution in [0.15, 0.2) is 17.5 Å². The Bertz CT molecular complexity index is 525. The molecule has 0 aliphatic carbocycles. The SMILES string of the molecule is O=[N+]([O-])c1cc(I)c(Cl)c2sccc12. The Morgan fingerprint density at radius 2 is 2.29 bits per heavy atom. The van der Waals surface area contributed by atoms with Crippen LogP contribution in [0.25, 0.3) is 10.1 Å². The summed E-state index contributed by atoms with van der Waals surface area (Å²) in [5.74, 6) is 0. The molecule has 72 valence electrons. The van der Waals surface area contributed by atoms with Crippen molar-refractivity contribution in [2.75, 3.05) is 0 Å². The van der Waals surface area contributed by atoms with Crippen LogP contribution in [0.5, 0.6) is 0 Å². The second kappa shape index (κ2) is 3.63. The average Bonchev–Trinajstić information content (AvgIpc) is 2.59. The van der Waals surface area contributed by atoms with Crippen molar-refractivity contribution in [1.82, 2.24) is 0 Å². The van der Waals surface area contributed by atoms with E-state index in [1.54, 1.807) is 11.4 Å². The molecule has 0 saturated heterocycles. The number of thiophene rings is 1. The fourth-order valence-corrected chi connectivity index (χ4v) is 3.09. The third-order valence-electron chi connectivity index (χ3n) is 1.81. The topological polar surface area (TPSA) is 43.1 Å². The van der Waals surface area contributed by atoms with Crippen molar-refractivity contribution in [3.8, 4) is 0 Å². The summed E-state index contributed by atoms with van der Waals surface area (Å²) in [6, 6.07) is 3.22. The van der Waals surface area contributed by atoms with Gasteiger partial charge in [-0.2, -0.15) is 0 Å². The van der Waals surface area contributed by atoms with E-state index in [-0.39, 0.29) is 10.6 Å². The molecular weight excluding hydrogens is 337 g/mol. The van der Waals surface area contributed by atoms with Crippen molar-refractivity contribution in [3.63, 3.8) is 0 Å². The van der Waals surface area contributed by atoms with Crippen LogP contribution in [-0.4, -0.2) is 4.92 Å². The highest BCUT2D eigenvalue weighted by molar-refractivity contribution is 14.1. The minimum Gasteiger partial charge on any atom is -0.258 e. The first-order valence-corrected chi connectivity index (χ1v) is 5.94. The maximum Gasteiger partial charge on any atom is 0.279 e. The molecule has 0 atom stereocenters. The maximum atomic E-state index is 10.7. The van der Waals surface area contributed by atoms with Crippen LogP contribution in [0.4, 0.5) is 5.69 Å². The van der Waals surface area contributed by atoms with Gasteiger partial charge in [-0.15, -0.1) is 11.3 Å². The molecule has 2 rings (SSSR count). The van der Waals surface area contributed by atoms with Crippen LogP contribution in [0.1, 0.15) is 0 Å². The molecule has 14 heavy (non-hydrogen) atoms. The molecule has 1 aromatic carbocycles. The fraction of sp³-hybridized carbons (Fsp3) is 0. The monoisotopic (exact) mass is 339 g/mol. The zero-order valence-corrected chi connectivity index (χ0v) is 10.4. The number of halogens is 2. The van der Waals surface area contributed by atoms with Crippen LogP contribution in [0.3, 0.4) is 0 Å². The molecule has 0 saturated carbocycles. The maximum absolute atomic E-state index is 10.7. The molecule has 0 spiro atoms. The standard InChI is InChI=1S/C8H3ClINO2S/c9-7-5(10)3-6(11(12)13)4-1-2-14-8(4)7/h1-3H. The largest absolute Gasteiger partial charge is 0.279 e. The highest BCUT2D eigenvalue weighted by atomic mass is 127. The summed E-state index contributed by atoms with van der Waals surface area (Å²) >= 11 is 9.44. The quantitative estimate of drug-likeness (QED) is 0.446. The lowest BCUT2D eigenvalue weighted by molar-refractivity contribution is -0.383. The lowest BCUT2D eigenvalue weighted by Gasteiger charge is -1.99. The summed E-state index contributed by atoms with van der Waals surface area (Å²) in [5, 5.41) is 13.8. The first kappa shape index (κ1) is 10.1. The summed E-state index contributed by atoms with van der Waals surface area (Å²) in [7, 11) is 0. The number of nitrogens with zero attached hydrogens (tertiary/aromatic N) is 1. The van der Waals surface area contributed by atoms with Gasteiger partial charge in [-0.3, -0.25) is 10.1 Å². The van der Waals surface area contributed by atoms with E-state index in [1.807, 2.05) is 22.6 Å². The van der Waals surface area contributed by atoms with Gasteiger partial charge >= 0.3 is 0 Å². The Morgan fingerprint density at radius 1 is 1.57 bits per heavy atom. The Hall–Kier alpha value is -0.400. The third kappa shape index (κ3) is 1.49. The first-order chi connectivity index (χ1) is 6.61. The molecule has 6 heteroatoms. The number of hydrogen-bond acceptors (Lipinski definition) is 3. The molecule has 0 aliphatic rings. The van der Waals surface area contributed by atoms with Crippen LogP contribution in [0, 0.1) is 13.7 Å². The smallest absolute Gasteiger partial charge is 0.258 e. The Balaban J connectivity index is 2.91. The highest BCUT2D eigenvalue weighted by Gasteiger charge is 2.17. The van der Waals surface area contributed by atoms with Gasteiger partial charge in [-0.05, 0) is 34.0 Å². The van der Waals surface area contributed by atoms with E-state index < -0.39 is 0 Å². The van der Waals surface area contributed by atoms with E-state index in [1.165, 1.54) is 17.4 Å². The zero-order valence-electron chi connectivity index (χ0n) is 6.66. The summed E-state index contributed by atoms with van der Waals surface area (Å²) in [6.07, 6.45) is 0. The van der Waals surface area contributed by atoms with Gasteiger partial charge in [-0.1, -0.05) is 11.6 Å². The van der Waals surface area contributed by atoms with Gasteiger partial charge in [0.05, 0.1) is 20.0 Å². The van der Waals surface area contributed by atoms with Crippen molar-refractivity contribution < 1.29 is 4.92 Å². The van der Waals surface area contributed by atoms with E-state index in [0.717, 1.165) is 4.70 Å². The lowest BCUT2D eigenvalue weighted by Crippen LogP contribution is -1.89. The van der Waals surface area contributed by atoms with E-state index >= 15 is 0 Å². The molecule has 2 aromatic rings. The number of fused-ring (bicyclic) bond motifs is 1. The third-order valence-corrected chi connectivity index (χ3v) is 4.42. The number of non-ortho nitro benzene ring substituents is 1. The van der Waals surface area contributed by atoms with E-state index in [9.17, 15) is 10.1 Å². The van der Waals surface area contributed by atoms with Crippen LogP contribution in [-0.2, 0) is 0 Å². The second-order valence-corrected chi connectivity index (χ2v) is 5.07. The Kier molecular flexibility index (Phi) is 2.63. The molecule has 0 aliphatic heterocycles. The summed E-state index contributed by atoms with van der Waals surface area (Å²) in [4.78, 5) is 10.4. The average molecular weight is 340 g/mol. The minimum atomic E-state index is -0.381. The normalized spacial score (nSPS) is 10.7. The van der Waals surface area contributed by atoms with Gasteiger partial charge in [0, 0.05) is 9.64 Å². The lowest BCUT2D eigenvalue weighted by atomic mass is 10.2. The fourth-order valence-electron chi connectivity index (χ4n) is 1.20. The Morgan fingerprint density at radius 3 is 2.93 bits per heavy atom. The predicted octanol–water partition coefficient (Wildman–Crippen LogP) is 4.07. The molecule has 0 fully saturated rings. The van der Waals surface area contributed by atoms with E-state index in [0.29, 0.717) is 14.0 Å². The predicted molar refractivity (Wildman–Crippen MR) is 66.2 cm³/mol. The second-order valence-electron chi connectivity index (χ2n) is 2.61. The summed E-state index contributed by atoms with van der Waals surface area (Å²) < 4.78 is 1.50. The summed E-state index contributed by atoms with van der Waals surface area (Å²) in [5.41, 5.74) is 0.120. The molecule has 1 aromatic heterocycles. The van der Waals surface area contributed by atoms with Gasteiger partial charge in [0.25, 0.3) is 5.69 Å². The molecule has 0 amide bonds. The number of benzene rings is 1. The molecule has 0 bridgehead atoms. The Labute approximate surface area is 102 Å². The van der Waals surface area contributed by atoms with Crippen molar-refractivity contribution in [2.24, 2.45) is 0 Å². The van der Waals surface area contributed by atoms with Gasteiger partial charge in [0.15, 0.2) is 0 Å². The number of hydrogen-bond donors (Lipinski definition) is 0. The van der Waals surface area contributed by atoms with Gasteiger partial charge in [0.1, 0.15) is 0 Å². The van der Waals surface area contributed by atoms with Gasteiger partial charge in [0.2, 0.25) is 0 Å². The number of nitro benzene ring substituents is 1. The van der Waals surface area contributed by atoms with Crippen LogP contribution >= 0.6 is 45.5 Å².